The van der Waals surface area contributed by atoms with E-state index in [9.17, 15) is 5.11 Å². The summed E-state index contributed by atoms with van der Waals surface area (Å²) in [5, 5.41) is 9.36. The highest BCUT2D eigenvalue weighted by molar-refractivity contribution is 5.40. The molecule has 6 rings (SSSR count). The Morgan fingerprint density at radius 2 is 2.06 bits per heavy atom. The summed E-state index contributed by atoms with van der Waals surface area (Å²) in [5.74, 6) is 3.42. The van der Waals surface area contributed by atoms with Gasteiger partial charge in [-0.3, -0.25) is 4.90 Å². The Morgan fingerprint density at radius 1 is 1.25 bits per heavy atom. The lowest BCUT2D eigenvalue weighted by Gasteiger charge is -2.54. The van der Waals surface area contributed by atoms with Gasteiger partial charge < -0.3 is 19.3 Å². The highest BCUT2D eigenvalue weighted by Gasteiger charge is 2.74. The van der Waals surface area contributed by atoms with E-state index in [4.69, 9.17) is 14.2 Å². The van der Waals surface area contributed by atoms with Crippen molar-refractivity contribution in [3.63, 3.8) is 0 Å². The van der Waals surface area contributed by atoms with Crippen molar-refractivity contribution >= 4 is 0 Å². The van der Waals surface area contributed by atoms with Crippen molar-refractivity contribution in [2.45, 2.75) is 77.2 Å². The van der Waals surface area contributed by atoms with Crippen LogP contribution in [0.25, 0.3) is 0 Å². The first kappa shape index (κ1) is 21.6. The second kappa shape index (κ2) is 7.56. The molecule has 0 radical (unpaired) electrons. The van der Waals surface area contributed by atoms with Gasteiger partial charge in [0.05, 0.1) is 18.8 Å². The van der Waals surface area contributed by atoms with Gasteiger partial charge in [0, 0.05) is 37.6 Å². The van der Waals surface area contributed by atoms with Gasteiger partial charge in [-0.25, -0.2) is 0 Å². The Balaban J connectivity index is 1.41. The minimum atomic E-state index is -0.0260. The van der Waals surface area contributed by atoms with Crippen LogP contribution in [0.4, 0.5) is 0 Å². The number of hydrogen-bond donors (Lipinski definition) is 1. The maximum absolute atomic E-state index is 9.36. The van der Waals surface area contributed by atoms with E-state index < -0.39 is 0 Å². The number of ether oxygens (including phenoxy) is 3. The lowest BCUT2D eigenvalue weighted by Crippen LogP contribution is -2.59. The largest absolute Gasteiger partial charge is 0.493 e. The first-order valence-electron chi connectivity index (χ1n) is 12.9. The Kier molecular flexibility index (Phi) is 5.11. The fourth-order valence-corrected chi connectivity index (χ4v) is 8.41. The molecule has 6 aliphatic rings. The molecule has 0 aromatic heterocycles. The number of allylic oxidation sites excluding steroid dienone is 2. The second-order valence-corrected chi connectivity index (χ2v) is 12.7. The van der Waals surface area contributed by atoms with Crippen LogP contribution in [0.5, 0.6) is 0 Å². The van der Waals surface area contributed by atoms with E-state index in [-0.39, 0.29) is 35.7 Å². The van der Waals surface area contributed by atoms with Crippen LogP contribution in [0.15, 0.2) is 23.5 Å². The maximum atomic E-state index is 9.36. The molecule has 5 nitrogen and oxygen atoms in total. The predicted molar refractivity (Wildman–Crippen MR) is 123 cm³/mol. The fraction of sp³-hybridized carbons (Fsp3) is 0.852. The molecule has 0 amide bonds. The second-order valence-electron chi connectivity index (χ2n) is 12.7. The molecule has 1 N–H and O–H groups in total. The van der Waals surface area contributed by atoms with Gasteiger partial charge in [-0.15, -0.1) is 0 Å². The molecule has 3 saturated carbocycles. The van der Waals surface area contributed by atoms with Gasteiger partial charge in [-0.2, -0.15) is 0 Å². The van der Waals surface area contributed by atoms with E-state index in [0.717, 1.165) is 18.2 Å². The SMILES string of the molecule is CO[C@@H]1C(CC(C)(C)C)CC2C3CC4=CC=C(OCCO)C5OC1C2(CN3CC1CC1)C45. The Hall–Kier alpha value is -0.880. The first-order chi connectivity index (χ1) is 15.4. The third kappa shape index (κ3) is 3.18. The van der Waals surface area contributed by atoms with Crippen molar-refractivity contribution in [1.29, 1.82) is 0 Å². The van der Waals surface area contributed by atoms with Gasteiger partial charge in [0.2, 0.25) is 0 Å². The molecular weight excluding hydrogens is 402 g/mol. The quantitative estimate of drug-likeness (QED) is 0.649. The number of aliphatic hydroxyl groups excluding tert-OH is 1. The number of likely N-dealkylation sites (tertiary alicyclic amines) is 1. The van der Waals surface area contributed by atoms with Gasteiger partial charge >= 0.3 is 0 Å². The van der Waals surface area contributed by atoms with E-state index in [1.165, 1.54) is 38.6 Å². The summed E-state index contributed by atoms with van der Waals surface area (Å²) in [5.41, 5.74) is 1.97. The molecule has 2 aliphatic heterocycles. The molecule has 5 heteroatoms. The third-order valence-electron chi connectivity index (χ3n) is 9.41. The average Bonchev–Trinajstić information content (AvgIpc) is 3.44. The zero-order valence-electron chi connectivity index (χ0n) is 20.3. The maximum Gasteiger partial charge on any atom is 0.126 e. The van der Waals surface area contributed by atoms with Crippen LogP contribution >= 0.6 is 0 Å². The van der Waals surface area contributed by atoms with Crippen molar-refractivity contribution in [3.8, 4) is 0 Å². The van der Waals surface area contributed by atoms with Gasteiger partial charge in [0.1, 0.15) is 18.5 Å². The highest BCUT2D eigenvalue weighted by atomic mass is 16.6. The Bertz CT molecular complexity index is 811. The lowest BCUT2D eigenvalue weighted by atomic mass is 9.50. The minimum absolute atomic E-state index is 0.0260. The molecule has 2 bridgehead atoms. The van der Waals surface area contributed by atoms with Crippen LogP contribution in [0.1, 0.15) is 52.9 Å². The molecule has 2 heterocycles. The number of aliphatic hydroxyl groups is 1. The van der Waals surface area contributed by atoms with Gasteiger partial charge in [-0.05, 0) is 61.3 Å². The molecule has 1 spiro atoms. The normalized spacial score (nSPS) is 44.8. The van der Waals surface area contributed by atoms with Crippen LogP contribution in [0.3, 0.4) is 0 Å². The van der Waals surface area contributed by atoms with E-state index in [0.29, 0.717) is 30.4 Å². The van der Waals surface area contributed by atoms with Crippen molar-refractivity contribution in [2.75, 3.05) is 33.4 Å². The summed E-state index contributed by atoms with van der Waals surface area (Å²) in [7, 11) is 1.90. The van der Waals surface area contributed by atoms with E-state index in [2.05, 4.69) is 37.8 Å². The summed E-state index contributed by atoms with van der Waals surface area (Å²) < 4.78 is 19.4. The molecule has 2 saturated heterocycles. The van der Waals surface area contributed by atoms with Gasteiger partial charge in [-0.1, -0.05) is 32.4 Å². The van der Waals surface area contributed by atoms with Crippen molar-refractivity contribution in [1.82, 2.24) is 4.90 Å². The highest BCUT2D eigenvalue weighted by Crippen LogP contribution is 2.69. The molecule has 0 aromatic rings. The summed E-state index contributed by atoms with van der Waals surface area (Å²) in [6.45, 7) is 9.87. The van der Waals surface area contributed by atoms with E-state index in [1.807, 2.05) is 7.11 Å². The van der Waals surface area contributed by atoms with Crippen molar-refractivity contribution in [2.24, 2.45) is 34.5 Å². The smallest absolute Gasteiger partial charge is 0.126 e. The zero-order chi connectivity index (χ0) is 22.3. The van der Waals surface area contributed by atoms with Gasteiger partial charge in [0.25, 0.3) is 0 Å². The zero-order valence-corrected chi connectivity index (χ0v) is 20.3. The molecule has 7 unspecified atom stereocenters. The molecule has 5 fully saturated rings. The van der Waals surface area contributed by atoms with Crippen LogP contribution in [-0.4, -0.2) is 67.8 Å². The van der Waals surface area contributed by atoms with Crippen LogP contribution in [0.2, 0.25) is 0 Å². The van der Waals surface area contributed by atoms with Crippen LogP contribution < -0.4 is 0 Å². The van der Waals surface area contributed by atoms with Crippen molar-refractivity contribution in [3.05, 3.63) is 23.5 Å². The molecule has 178 valence electrons. The molecule has 8 atom stereocenters. The number of rotatable bonds is 7. The van der Waals surface area contributed by atoms with Crippen LogP contribution in [-0.2, 0) is 14.2 Å². The number of hydrogen-bond acceptors (Lipinski definition) is 5. The van der Waals surface area contributed by atoms with E-state index in [1.54, 1.807) is 5.57 Å². The van der Waals surface area contributed by atoms with E-state index >= 15 is 0 Å². The Morgan fingerprint density at radius 3 is 2.75 bits per heavy atom. The fourth-order valence-electron chi connectivity index (χ4n) is 8.41. The molecule has 4 aliphatic carbocycles. The van der Waals surface area contributed by atoms with Gasteiger partial charge in [0.15, 0.2) is 0 Å². The predicted octanol–water partition coefficient (Wildman–Crippen LogP) is 3.77. The standard InChI is InChI=1S/C27H41NO4/c1-26(2,3)13-18-11-19-20-12-17-7-8-21(31-10-9-29)24-22(17)27(19,25(32-24)23(18)30-4)15-28(20)14-16-5-6-16/h7-8,16,18-20,22-25,29H,5-6,9-15H2,1-4H3/t18?,19?,20?,22?,23-,24?,25?,27?/m1/s1. The summed E-state index contributed by atoms with van der Waals surface area (Å²) in [4.78, 5) is 2.86. The van der Waals surface area contributed by atoms with Crippen molar-refractivity contribution < 1.29 is 19.3 Å². The Labute approximate surface area is 193 Å². The number of nitrogens with zero attached hydrogens (tertiary/aromatic N) is 1. The lowest BCUT2D eigenvalue weighted by molar-refractivity contribution is -0.150. The van der Waals surface area contributed by atoms with Crippen LogP contribution in [0, 0.1) is 34.5 Å². The molecular formula is C27H41NO4. The summed E-state index contributed by atoms with van der Waals surface area (Å²) >= 11 is 0. The topological polar surface area (TPSA) is 51.2 Å². The minimum Gasteiger partial charge on any atom is -0.493 e. The average molecular weight is 444 g/mol. The molecule has 0 aromatic carbocycles. The monoisotopic (exact) mass is 443 g/mol. The summed E-state index contributed by atoms with van der Waals surface area (Å²) in [6.07, 6.45) is 11.1. The summed E-state index contributed by atoms with van der Waals surface area (Å²) in [6, 6.07) is 0.650. The third-order valence-corrected chi connectivity index (χ3v) is 9.41. The number of methoxy groups -OCH3 is 1. The first-order valence-corrected chi connectivity index (χ1v) is 12.9. The molecule has 32 heavy (non-hydrogen) atoms.